The predicted octanol–water partition coefficient (Wildman–Crippen LogP) is 3.13. The van der Waals surface area contributed by atoms with Gasteiger partial charge in [0.05, 0.1) is 6.04 Å². The van der Waals surface area contributed by atoms with Crippen molar-refractivity contribution in [2.24, 2.45) is 0 Å². The molecule has 18 heavy (non-hydrogen) atoms. The molecule has 1 amide bonds. The van der Waals surface area contributed by atoms with E-state index in [4.69, 9.17) is 16.0 Å². The molecule has 0 aliphatic rings. The Bertz CT molecular complexity index is 566. The molecule has 1 N–H and O–H groups in total. The van der Waals surface area contributed by atoms with Gasteiger partial charge in [-0.15, -0.1) is 0 Å². The zero-order chi connectivity index (χ0) is 13.1. The Morgan fingerprint density at radius 2 is 2.17 bits per heavy atom. The number of pyridine rings is 1. The third kappa shape index (κ3) is 2.90. The molecule has 2 rings (SSSR count). The van der Waals surface area contributed by atoms with Crippen LogP contribution in [0, 0.1) is 6.92 Å². The molecule has 0 saturated carbocycles. The molecule has 0 fully saturated rings. The van der Waals surface area contributed by atoms with Gasteiger partial charge in [-0.2, -0.15) is 0 Å². The summed E-state index contributed by atoms with van der Waals surface area (Å²) in [4.78, 5) is 15.9. The van der Waals surface area contributed by atoms with Gasteiger partial charge in [-0.25, -0.2) is 4.98 Å². The van der Waals surface area contributed by atoms with Gasteiger partial charge in [0.2, 0.25) is 0 Å². The lowest BCUT2D eigenvalue weighted by Crippen LogP contribution is -2.27. The van der Waals surface area contributed by atoms with E-state index >= 15 is 0 Å². The number of aromatic nitrogens is 1. The zero-order valence-electron chi connectivity index (χ0n) is 10.1. The summed E-state index contributed by atoms with van der Waals surface area (Å²) in [5, 5.41) is 3.09. The number of amides is 1. The lowest BCUT2D eigenvalue weighted by Gasteiger charge is -2.11. The zero-order valence-corrected chi connectivity index (χ0v) is 10.9. The topological polar surface area (TPSA) is 55.1 Å². The van der Waals surface area contributed by atoms with E-state index in [0.29, 0.717) is 10.9 Å². The number of nitrogens with one attached hydrogen (secondary N) is 1. The standard InChI is InChI=1S/C13H13ClN2O2/c1-8-6-7-11(18-8)9(2)15-13(17)10-4-3-5-12(14)16-10/h3-7,9H,1-2H3,(H,15,17). The van der Waals surface area contributed by atoms with Crippen LogP contribution in [-0.4, -0.2) is 10.9 Å². The molecule has 2 heterocycles. The van der Waals surface area contributed by atoms with E-state index in [1.165, 1.54) is 0 Å². The van der Waals surface area contributed by atoms with Crippen LogP contribution in [0.5, 0.6) is 0 Å². The summed E-state index contributed by atoms with van der Waals surface area (Å²) in [5.41, 5.74) is 0.289. The molecule has 1 unspecified atom stereocenters. The number of nitrogens with zero attached hydrogens (tertiary/aromatic N) is 1. The smallest absolute Gasteiger partial charge is 0.270 e. The molecule has 0 aliphatic carbocycles. The van der Waals surface area contributed by atoms with Gasteiger partial charge in [0.1, 0.15) is 22.4 Å². The predicted molar refractivity (Wildman–Crippen MR) is 68.6 cm³/mol. The van der Waals surface area contributed by atoms with Crippen molar-refractivity contribution in [3.05, 3.63) is 52.7 Å². The maximum atomic E-state index is 11.9. The fraction of sp³-hybridized carbons (Fsp3) is 0.231. The van der Waals surface area contributed by atoms with Crippen molar-refractivity contribution in [3.63, 3.8) is 0 Å². The van der Waals surface area contributed by atoms with Gasteiger partial charge in [0.15, 0.2) is 0 Å². The summed E-state index contributed by atoms with van der Waals surface area (Å²) in [6.07, 6.45) is 0. The van der Waals surface area contributed by atoms with E-state index in [0.717, 1.165) is 5.76 Å². The van der Waals surface area contributed by atoms with Crippen molar-refractivity contribution in [3.8, 4) is 0 Å². The van der Waals surface area contributed by atoms with Crippen molar-refractivity contribution in [2.45, 2.75) is 19.9 Å². The molecule has 2 aromatic heterocycles. The van der Waals surface area contributed by atoms with Crippen LogP contribution in [0.3, 0.4) is 0 Å². The van der Waals surface area contributed by atoms with Crippen LogP contribution in [0.25, 0.3) is 0 Å². The van der Waals surface area contributed by atoms with Crippen molar-refractivity contribution >= 4 is 17.5 Å². The lowest BCUT2D eigenvalue weighted by atomic mass is 10.2. The molecule has 0 spiro atoms. The van der Waals surface area contributed by atoms with Crippen molar-refractivity contribution < 1.29 is 9.21 Å². The SMILES string of the molecule is Cc1ccc(C(C)NC(=O)c2cccc(Cl)n2)o1. The third-order valence-corrected chi connectivity index (χ3v) is 2.69. The largest absolute Gasteiger partial charge is 0.464 e. The number of carbonyl (C=O) groups is 1. The highest BCUT2D eigenvalue weighted by molar-refractivity contribution is 6.29. The van der Waals surface area contributed by atoms with Gasteiger partial charge in [-0.05, 0) is 38.1 Å². The van der Waals surface area contributed by atoms with E-state index in [-0.39, 0.29) is 17.6 Å². The maximum Gasteiger partial charge on any atom is 0.270 e. The van der Waals surface area contributed by atoms with Crippen molar-refractivity contribution in [1.82, 2.24) is 10.3 Å². The van der Waals surface area contributed by atoms with Gasteiger partial charge in [-0.1, -0.05) is 17.7 Å². The normalized spacial score (nSPS) is 12.2. The molecule has 94 valence electrons. The molecule has 4 nitrogen and oxygen atoms in total. The Balaban J connectivity index is 2.08. The molecular formula is C13H13ClN2O2. The highest BCUT2D eigenvalue weighted by Crippen LogP contribution is 2.16. The van der Waals surface area contributed by atoms with E-state index in [9.17, 15) is 4.79 Å². The van der Waals surface area contributed by atoms with Crippen LogP contribution < -0.4 is 5.32 Å². The summed E-state index contributed by atoms with van der Waals surface area (Å²) in [7, 11) is 0. The summed E-state index contributed by atoms with van der Waals surface area (Å²) in [5.74, 6) is 1.24. The third-order valence-electron chi connectivity index (χ3n) is 2.48. The fourth-order valence-corrected chi connectivity index (χ4v) is 1.73. The Kier molecular flexibility index (Phi) is 3.67. The van der Waals surface area contributed by atoms with Crippen LogP contribution >= 0.6 is 11.6 Å². The second-order valence-corrected chi connectivity index (χ2v) is 4.38. The maximum absolute atomic E-state index is 11.9. The van der Waals surface area contributed by atoms with Crippen molar-refractivity contribution in [2.75, 3.05) is 0 Å². The molecule has 0 aliphatic heterocycles. The van der Waals surface area contributed by atoms with E-state index in [2.05, 4.69) is 10.3 Å². The highest BCUT2D eigenvalue weighted by atomic mass is 35.5. The Hall–Kier alpha value is -1.81. The van der Waals surface area contributed by atoms with Crippen LogP contribution in [0.4, 0.5) is 0 Å². The van der Waals surface area contributed by atoms with Crippen molar-refractivity contribution in [1.29, 1.82) is 0 Å². The van der Waals surface area contributed by atoms with Crippen LogP contribution in [0.2, 0.25) is 5.15 Å². The number of halogens is 1. The first kappa shape index (κ1) is 12.6. The number of hydrogen-bond acceptors (Lipinski definition) is 3. The minimum Gasteiger partial charge on any atom is -0.464 e. The average Bonchev–Trinajstić information content (AvgIpc) is 2.76. The number of furan rings is 1. The lowest BCUT2D eigenvalue weighted by molar-refractivity contribution is 0.0930. The van der Waals surface area contributed by atoms with Gasteiger partial charge in [0.25, 0.3) is 5.91 Å². The summed E-state index contributed by atoms with van der Waals surface area (Å²) in [6.45, 7) is 3.71. The Morgan fingerprint density at radius 3 is 2.78 bits per heavy atom. The van der Waals surface area contributed by atoms with Crippen LogP contribution in [-0.2, 0) is 0 Å². The monoisotopic (exact) mass is 264 g/mol. The molecular weight excluding hydrogens is 252 g/mol. The average molecular weight is 265 g/mol. The molecule has 2 aromatic rings. The number of aryl methyl sites for hydroxylation is 1. The summed E-state index contributed by atoms with van der Waals surface area (Å²) in [6, 6.07) is 8.40. The second-order valence-electron chi connectivity index (χ2n) is 3.99. The first-order valence-electron chi connectivity index (χ1n) is 5.56. The molecule has 0 bridgehead atoms. The van der Waals surface area contributed by atoms with Crippen LogP contribution in [0.1, 0.15) is 35.0 Å². The number of rotatable bonds is 3. The minimum absolute atomic E-state index is 0.216. The summed E-state index contributed by atoms with van der Waals surface area (Å²) < 4.78 is 5.44. The fourth-order valence-electron chi connectivity index (χ4n) is 1.56. The van der Waals surface area contributed by atoms with E-state index in [1.807, 2.05) is 26.0 Å². The first-order valence-corrected chi connectivity index (χ1v) is 5.94. The molecule has 1 atom stereocenters. The van der Waals surface area contributed by atoms with Gasteiger partial charge in [-0.3, -0.25) is 4.79 Å². The van der Waals surface area contributed by atoms with Gasteiger partial charge < -0.3 is 9.73 Å². The minimum atomic E-state index is -0.279. The first-order chi connectivity index (χ1) is 8.56. The Morgan fingerprint density at radius 1 is 1.39 bits per heavy atom. The second kappa shape index (κ2) is 5.23. The molecule has 0 radical (unpaired) electrons. The van der Waals surface area contributed by atoms with Gasteiger partial charge >= 0.3 is 0 Å². The Labute approximate surface area is 110 Å². The van der Waals surface area contributed by atoms with Crippen LogP contribution in [0.15, 0.2) is 34.7 Å². The number of hydrogen-bond donors (Lipinski definition) is 1. The summed E-state index contributed by atoms with van der Waals surface area (Å²) >= 11 is 5.74. The molecule has 0 aromatic carbocycles. The molecule has 5 heteroatoms. The highest BCUT2D eigenvalue weighted by Gasteiger charge is 2.15. The molecule has 0 saturated heterocycles. The van der Waals surface area contributed by atoms with Gasteiger partial charge in [0, 0.05) is 0 Å². The quantitative estimate of drug-likeness (QED) is 0.867. The van der Waals surface area contributed by atoms with E-state index < -0.39 is 0 Å². The number of carbonyl (C=O) groups excluding carboxylic acids is 1. The van der Waals surface area contributed by atoms with E-state index in [1.54, 1.807) is 18.2 Å².